The van der Waals surface area contributed by atoms with E-state index in [1.165, 1.54) is 12.1 Å². The van der Waals surface area contributed by atoms with Crippen LogP contribution in [0.3, 0.4) is 0 Å². The summed E-state index contributed by atoms with van der Waals surface area (Å²) in [4.78, 5) is 37.3. The van der Waals surface area contributed by atoms with Crippen LogP contribution < -0.4 is 14.4 Å². The number of anilines is 2. The van der Waals surface area contributed by atoms with Crippen molar-refractivity contribution in [1.82, 2.24) is 24.8 Å². The molecular formula is C41H51N7O6S. The fraction of sp³-hybridized carbons (Fsp3) is 0.488. The number of nitrogens with zero attached hydrogens (tertiary/aromatic N) is 6. The van der Waals surface area contributed by atoms with Crippen molar-refractivity contribution in [3.05, 3.63) is 82.9 Å². The Labute approximate surface area is 323 Å². The third-order valence-corrected chi connectivity index (χ3v) is 11.8. The number of benzene rings is 2. The number of rotatable bonds is 7. The first-order valence-corrected chi connectivity index (χ1v) is 20.6. The lowest BCUT2D eigenvalue weighted by atomic mass is 9.87. The molecule has 1 amide bonds. The highest BCUT2D eigenvalue weighted by Gasteiger charge is 2.33. The van der Waals surface area contributed by atoms with Gasteiger partial charge in [0, 0.05) is 43.0 Å². The first-order valence-electron chi connectivity index (χ1n) is 19.1. The molecule has 4 aromatic rings. The number of morpholine rings is 1. The van der Waals surface area contributed by atoms with E-state index in [0.29, 0.717) is 42.6 Å². The summed E-state index contributed by atoms with van der Waals surface area (Å²) in [6.45, 7) is 14.7. The summed E-state index contributed by atoms with van der Waals surface area (Å²) in [6.07, 6.45) is 6.92. The summed E-state index contributed by atoms with van der Waals surface area (Å²) < 4.78 is 48.4. The minimum Gasteiger partial charge on any atom is -0.475 e. The maximum atomic E-state index is 14.6. The van der Waals surface area contributed by atoms with Crippen LogP contribution >= 0.6 is 0 Å². The van der Waals surface area contributed by atoms with E-state index < -0.39 is 16.1 Å². The molecule has 0 spiro atoms. The quantitative estimate of drug-likeness (QED) is 0.236. The average Bonchev–Trinajstić information content (AvgIpc) is 3.17. The number of aryl methyl sites for hydroxylation is 1. The molecular weight excluding hydrogens is 719 g/mol. The normalized spacial score (nSPS) is 19.4. The minimum absolute atomic E-state index is 0.0829. The standard InChI is InChI=1S/C41H51N7O6S/c1-27-8-6-9-30(20-29-12-16-52-17-13-29)36(27)37-28(2)38-45-40(44-37)46-55(50,51)34-11-7-10-31(21-34)39(49)48(32(26-54-38)22-41(3,4)5)25-35-42-23-33(24-43-35)47-14-18-53-19-15-47/h6-11,21,23-24,29,32H,12-20,22,25-26H2,1-5H3,(H,44,45,46)/t32-/m1/s1. The zero-order valence-corrected chi connectivity index (χ0v) is 33.2. The van der Waals surface area contributed by atoms with Gasteiger partial charge in [-0.15, -0.1) is 0 Å². The Bertz CT molecular complexity index is 2110. The van der Waals surface area contributed by atoms with Crippen LogP contribution in [0.25, 0.3) is 11.3 Å². The van der Waals surface area contributed by atoms with E-state index in [0.717, 1.165) is 67.9 Å². The Kier molecular flexibility index (Phi) is 11.4. The Balaban J connectivity index is 1.31. The predicted octanol–water partition coefficient (Wildman–Crippen LogP) is 6.00. The smallest absolute Gasteiger partial charge is 0.264 e. The lowest BCUT2D eigenvalue weighted by Gasteiger charge is -2.35. The zero-order valence-electron chi connectivity index (χ0n) is 32.4. The summed E-state index contributed by atoms with van der Waals surface area (Å²) in [5.41, 5.74) is 5.24. The second-order valence-corrected chi connectivity index (χ2v) is 17.6. The lowest BCUT2D eigenvalue weighted by molar-refractivity contribution is 0.0504. The van der Waals surface area contributed by atoms with Crippen molar-refractivity contribution in [2.24, 2.45) is 11.3 Å². The fourth-order valence-electron chi connectivity index (χ4n) is 7.64. The number of hydrogen-bond donors (Lipinski definition) is 1. The van der Waals surface area contributed by atoms with Crippen LogP contribution in [0.15, 0.2) is 59.8 Å². The lowest BCUT2D eigenvalue weighted by Crippen LogP contribution is -2.45. The van der Waals surface area contributed by atoms with Gasteiger partial charge in [-0.3, -0.25) is 4.79 Å². The monoisotopic (exact) mass is 769 g/mol. The molecule has 0 unspecified atom stereocenters. The van der Waals surface area contributed by atoms with E-state index in [9.17, 15) is 13.2 Å². The van der Waals surface area contributed by atoms with Crippen LogP contribution in [0.4, 0.5) is 11.6 Å². The number of carbonyl (C=O) groups is 1. The highest BCUT2D eigenvalue weighted by molar-refractivity contribution is 7.92. The Morgan fingerprint density at radius 3 is 2.36 bits per heavy atom. The van der Waals surface area contributed by atoms with Crippen molar-refractivity contribution < 1.29 is 27.4 Å². The van der Waals surface area contributed by atoms with E-state index in [1.807, 2.05) is 19.9 Å². The number of ether oxygens (including phenoxy) is 3. The molecule has 4 bridgehead atoms. The van der Waals surface area contributed by atoms with Crippen LogP contribution in [0.1, 0.15) is 72.9 Å². The summed E-state index contributed by atoms with van der Waals surface area (Å²) in [6, 6.07) is 11.8. The van der Waals surface area contributed by atoms with Crippen molar-refractivity contribution >= 4 is 27.6 Å². The van der Waals surface area contributed by atoms with Crippen LogP contribution in [-0.2, 0) is 32.5 Å². The molecule has 7 rings (SSSR count). The van der Waals surface area contributed by atoms with Gasteiger partial charge in [0.1, 0.15) is 12.4 Å². The van der Waals surface area contributed by atoms with Crippen molar-refractivity contribution in [1.29, 1.82) is 0 Å². The maximum absolute atomic E-state index is 14.6. The molecule has 292 valence electrons. The number of carbonyl (C=O) groups excluding carboxylic acids is 1. The summed E-state index contributed by atoms with van der Waals surface area (Å²) >= 11 is 0. The third kappa shape index (κ3) is 9.08. The summed E-state index contributed by atoms with van der Waals surface area (Å²) in [7, 11) is -4.22. The number of nitrogens with one attached hydrogen (secondary N) is 1. The van der Waals surface area contributed by atoms with Gasteiger partial charge in [0.2, 0.25) is 11.8 Å². The third-order valence-electron chi connectivity index (χ3n) is 10.5. The molecule has 14 heteroatoms. The highest BCUT2D eigenvalue weighted by atomic mass is 32.2. The van der Waals surface area contributed by atoms with Gasteiger partial charge in [-0.05, 0) is 80.2 Å². The van der Waals surface area contributed by atoms with E-state index in [1.54, 1.807) is 29.4 Å². The molecule has 2 fully saturated rings. The molecule has 1 N–H and O–H groups in total. The largest absolute Gasteiger partial charge is 0.475 e. The van der Waals surface area contributed by atoms with Crippen LogP contribution in [0, 0.1) is 25.2 Å². The molecule has 1 atom stereocenters. The van der Waals surface area contributed by atoms with Crippen molar-refractivity contribution in [3.63, 3.8) is 0 Å². The number of amides is 1. The topological polar surface area (TPSA) is 149 Å². The molecule has 3 aliphatic rings. The molecule has 2 saturated heterocycles. The second kappa shape index (κ2) is 16.2. The van der Waals surface area contributed by atoms with E-state index in [4.69, 9.17) is 19.2 Å². The first-order chi connectivity index (χ1) is 26.3. The van der Waals surface area contributed by atoms with Crippen molar-refractivity contribution in [2.45, 2.75) is 77.8 Å². The molecule has 0 saturated carbocycles. The molecule has 2 aromatic heterocycles. The number of aromatic nitrogens is 4. The highest BCUT2D eigenvalue weighted by Crippen LogP contribution is 2.37. The number of sulfonamides is 1. The van der Waals surface area contributed by atoms with Crippen molar-refractivity contribution in [3.8, 4) is 17.1 Å². The number of hydrogen-bond acceptors (Lipinski definition) is 11. The SMILES string of the molecule is Cc1cccc(CC2CCOCC2)c1-c1nc2nc(c1C)OC[C@@H](CC(C)(C)C)N(Cc1ncc(N3CCOCC3)cn1)C(=O)c1cccc(c1)S(=O)(=O)N2. The Hall–Kier alpha value is -4.66. The van der Waals surface area contributed by atoms with E-state index >= 15 is 0 Å². The second-order valence-electron chi connectivity index (χ2n) is 15.9. The van der Waals surface area contributed by atoms with Gasteiger partial charge in [-0.25, -0.2) is 28.1 Å². The zero-order chi connectivity index (χ0) is 38.7. The first kappa shape index (κ1) is 38.6. The maximum Gasteiger partial charge on any atom is 0.264 e. The fourth-order valence-corrected chi connectivity index (χ4v) is 8.63. The Morgan fingerprint density at radius 1 is 0.927 bits per heavy atom. The molecule has 55 heavy (non-hydrogen) atoms. The van der Waals surface area contributed by atoms with E-state index in [-0.39, 0.29) is 46.8 Å². The molecule has 0 radical (unpaired) electrons. The van der Waals surface area contributed by atoms with Crippen LogP contribution in [0.2, 0.25) is 0 Å². The average molecular weight is 770 g/mol. The van der Waals surface area contributed by atoms with Gasteiger partial charge >= 0.3 is 0 Å². The van der Waals surface area contributed by atoms with Gasteiger partial charge in [-0.2, -0.15) is 4.98 Å². The Morgan fingerprint density at radius 2 is 1.64 bits per heavy atom. The molecule has 5 heterocycles. The number of fused-ring (bicyclic) bond motifs is 4. The van der Waals surface area contributed by atoms with Crippen molar-refractivity contribution in [2.75, 3.05) is 55.7 Å². The molecule has 2 aromatic carbocycles. The molecule has 3 aliphatic heterocycles. The van der Waals surface area contributed by atoms with Crippen LogP contribution in [-0.4, -0.2) is 91.3 Å². The van der Waals surface area contributed by atoms with E-state index in [2.05, 4.69) is 57.5 Å². The summed E-state index contributed by atoms with van der Waals surface area (Å²) in [5.74, 6) is 0.692. The summed E-state index contributed by atoms with van der Waals surface area (Å²) in [5, 5.41) is 0. The van der Waals surface area contributed by atoms with Gasteiger partial charge in [0.05, 0.1) is 54.5 Å². The van der Waals surface area contributed by atoms with Gasteiger partial charge in [0.15, 0.2) is 0 Å². The molecule has 13 nitrogen and oxygen atoms in total. The molecule has 0 aliphatic carbocycles. The predicted molar refractivity (Wildman–Crippen MR) is 210 cm³/mol. The van der Waals surface area contributed by atoms with Gasteiger partial charge in [0.25, 0.3) is 15.9 Å². The van der Waals surface area contributed by atoms with Gasteiger partial charge in [-0.1, -0.05) is 45.0 Å². The van der Waals surface area contributed by atoms with Gasteiger partial charge < -0.3 is 24.0 Å². The minimum atomic E-state index is -4.22. The van der Waals surface area contributed by atoms with Crippen LogP contribution in [0.5, 0.6) is 5.88 Å².